The van der Waals surface area contributed by atoms with Crippen LogP contribution in [0.5, 0.6) is 5.75 Å². The topological polar surface area (TPSA) is 58.6 Å². The number of piperidine rings is 1. The number of sulfonamides is 1. The molecule has 2 fully saturated rings. The van der Waals surface area contributed by atoms with Crippen molar-refractivity contribution in [2.24, 2.45) is 5.92 Å². The zero-order valence-corrected chi connectivity index (χ0v) is 17.1. The van der Waals surface area contributed by atoms with Crippen LogP contribution in [0, 0.1) is 19.8 Å². The molecule has 6 heteroatoms. The summed E-state index contributed by atoms with van der Waals surface area (Å²) < 4.78 is 33.5. The van der Waals surface area contributed by atoms with Crippen LogP contribution in [-0.4, -0.2) is 46.1 Å². The summed E-state index contributed by atoms with van der Waals surface area (Å²) in [6, 6.07) is 4.16. The van der Waals surface area contributed by atoms with E-state index in [1.54, 1.807) is 19.2 Å². The lowest BCUT2D eigenvalue weighted by Crippen LogP contribution is -2.42. The molecule has 0 spiro atoms. The highest BCUT2D eigenvalue weighted by Gasteiger charge is 2.28. The third-order valence-electron chi connectivity index (χ3n) is 6.00. The van der Waals surface area contributed by atoms with Gasteiger partial charge >= 0.3 is 0 Å². The van der Waals surface area contributed by atoms with Crippen LogP contribution in [0.4, 0.5) is 0 Å². The van der Waals surface area contributed by atoms with E-state index in [0.717, 1.165) is 48.8 Å². The van der Waals surface area contributed by atoms with E-state index in [9.17, 15) is 8.42 Å². The van der Waals surface area contributed by atoms with Crippen LogP contribution in [0.25, 0.3) is 0 Å². The average molecular weight is 381 g/mol. The molecule has 3 rings (SSSR count). The number of ether oxygens (including phenoxy) is 1. The minimum absolute atomic E-state index is 0.330. The van der Waals surface area contributed by atoms with Gasteiger partial charge in [0.1, 0.15) is 5.75 Å². The largest absolute Gasteiger partial charge is 0.496 e. The maximum Gasteiger partial charge on any atom is 0.240 e. The molecule has 2 aliphatic rings. The summed E-state index contributed by atoms with van der Waals surface area (Å²) in [4.78, 5) is 2.95. The molecule has 0 radical (unpaired) electrons. The first kappa shape index (κ1) is 19.6. The van der Waals surface area contributed by atoms with Crippen molar-refractivity contribution in [3.63, 3.8) is 0 Å². The van der Waals surface area contributed by atoms with Gasteiger partial charge in [-0.3, -0.25) is 0 Å². The molecule has 1 heterocycles. The van der Waals surface area contributed by atoms with Crippen LogP contribution in [-0.2, 0) is 10.0 Å². The summed E-state index contributed by atoms with van der Waals surface area (Å²) in [5, 5.41) is 0. The number of rotatable bonds is 6. The molecule has 146 valence electrons. The number of hydrogen-bond donors (Lipinski definition) is 1. The number of aryl methyl sites for hydroxylation is 2. The molecular weight excluding hydrogens is 348 g/mol. The first-order valence-electron chi connectivity index (χ1n) is 9.79. The molecule has 1 aliphatic heterocycles. The van der Waals surface area contributed by atoms with E-state index in [4.69, 9.17) is 4.74 Å². The maximum atomic E-state index is 12.7. The summed E-state index contributed by atoms with van der Waals surface area (Å²) in [6.07, 6.45) is 7.58. The number of nitrogens with zero attached hydrogens (tertiary/aromatic N) is 1. The zero-order valence-electron chi connectivity index (χ0n) is 16.3. The van der Waals surface area contributed by atoms with Gasteiger partial charge in [0.25, 0.3) is 0 Å². The molecule has 0 amide bonds. The molecule has 1 saturated heterocycles. The molecule has 0 aromatic heterocycles. The first-order chi connectivity index (χ1) is 12.4. The first-order valence-corrected chi connectivity index (χ1v) is 11.3. The van der Waals surface area contributed by atoms with Crippen molar-refractivity contribution in [1.82, 2.24) is 9.62 Å². The number of benzene rings is 1. The summed E-state index contributed by atoms with van der Waals surface area (Å²) in [5.74, 6) is 1.19. The molecule has 0 unspecified atom stereocenters. The molecule has 1 aliphatic carbocycles. The molecule has 1 saturated carbocycles. The van der Waals surface area contributed by atoms with Crippen LogP contribution in [0.15, 0.2) is 17.0 Å². The Morgan fingerprint density at radius 3 is 2.19 bits per heavy atom. The number of hydrogen-bond acceptors (Lipinski definition) is 4. The predicted octanol–water partition coefficient (Wildman–Crippen LogP) is 3.24. The second kappa shape index (κ2) is 8.28. The minimum atomic E-state index is -3.48. The van der Waals surface area contributed by atoms with Crippen LogP contribution in [0.2, 0.25) is 0 Å². The lowest BCUT2D eigenvalue weighted by molar-refractivity contribution is 0.135. The molecular formula is C20H32N2O3S. The van der Waals surface area contributed by atoms with Gasteiger partial charge in [0, 0.05) is 12.6 Å². The molecule has 5 nitrogen and oxygen atoms in total. The van der Waals surface area contributed by atoms with Crippen LogP contribution >= 0.6 is 0 Å². The normalized spacial score (nSPS) is 20.6. The van der Waals surface area contributed by atoms with Gasteiger partial charge in [0.2, 0.25) is 10.0 Å². The standard InChI is InChI=1S/C20H32N2O3S/c1-15-12-19(13-16(2)20(15)25-3)26(23,24)21-14-17-8-10-22(11-9-17)18-6-4-5-7-18/h12-13,17-18,21H,4-11,14H2,1-3H3. The highest BCUT2D eigenvalue weighted by atomic mass is 32.2. The van der Waals surface area contributed by atoms with Crippen molar-refractivity contribution in [1.29, 1.82) is 0 Å². The van der Waals surface area contributed by atoms with E-state index in [0.29, 0.717) is 17.4 Å². The number of likely N-dealkylation sites (tertiary alicyclic amines) is 1. The van der Waals surface area contributed by atoms with E-state index in [-0.39, 0.29) is 0 Å². The monoisotopic (exact) mass is 380 g/mol. The average Bonchev–Trinajstić information content (AvgIpc) is 3.15. The Hall–Kier alpha value is -1.11. The maximum absolute atomic E-state index is 12.7. The number of nitrogens with one attached hydrogen (secondary N) is 1. The summed E-state index contributed by atoms with van der Waals surface area (Å²) in [6.45, 7) is 6.51. The lowest BCUT2D eigenvalue weighted by atomic mass is 9.96. The quantitative estimate of drug-likeness (QED) is 0.823. The van der Waals surface area contributed by atoms with Crippen molar-refractivity contribution in [2.75, 3.05) is 26.7 Å². The Kier molecular flexibility index (Phi) is 6.25. The number of methoxy groups -OCH3 is 1. The van der Waals surface area contributed by atoms with Gasteiger partial charge in [0.05, 0.1) is 12.0 Å². The van der Waals surface area contributed by atoms with Crippen LogP contribution < -0.4 is 9.46 Å². The highest BCUT2D eigenvalue weighted by molar-refractivity contribution is 7.89. The van der Waals surface area contributed by atoms with Crippen molar-refractivity contribution in [2.45, 2.75) is 63.3 Å². The molecule has 1 N–H and O–H groups in total. The summed E-state index contributed by atoms with van der Waals surface area (Å²) >= 11 is 0. The molecule has 1 aromatic carbocycles. The van der Waals surface area contributed by atoms with Gasteiger partial charge in [0.15, 0.2) is 0 Å². The van der Waals surface area contributed by atoms with Gasteiger partial charge in [-0.05, 0) is 81.8 Å². The van der Waals surface area contributed by atoms with Gasteiger partial charge in [-0.25, -0.2) is 13.1 Å². The van der Waals surface area contributed by atoms with Gasteiger partial charge in [-0.1, -0.05) is 12.8 Å². The van der Waals surface area contributed by atoms with E-state index in [1.807, 2.05) is 13.8 Å². The summed E-state index contributed by atoms with van der Waals surface area (Å²) in [7, 11) is -1.87. The van der Waals surface area contributed by atoms with Gasteiger partial charge in [-0.15, -0.1) is 0 Å². The third kappa shape index (κ3) is 4.41. The van der Waals surface area contributed by atoms with Crippen LogP contribution in [0.1, 0.15) is 49.7 Å². The fraction of sp³-hybridized carbons (Fsp3) is 0.700. The van der Waals surface area contributed by atoms with Crippen molar-refractivity contribution < 1.29 is 13.2 Å². The van der Waals surface area contributed by atoms with Crippen molar-refractivity contribution in [3.05, 3.63) is 23.3 Å². The van der Waals surface area contributed by atoms with Crippen molar-refractivity contribution in [3.8, 4) is 5.75 Å². The fourth-order valence-electron chi connectivity index (χ4n) is 4.49. The van der Waals surface area contributed by atoms with Crippen LogP contribution in [0.3, 0.4) is 0 Å². The SMILES string of the molecule is COc1c(C)cc(S(=O)(=O)NCC2CCN(C3CCCC3)CC2)cc1C. The van der Waals surface area contributed by atoms with Crippen molar-refractivity contribution >= 4 is 10.0 Å². The molecule has 1 aromatic rings. The van der Waals surface area contributed by atoms with E-state index < -0.39 is 10.0 Å². The Labute approximate surface area is 158 Å². The smallest absolute Gasteiger partial charge is 0.240 e. The fourth-order valence-corrected chi connectivity index (χ4v) is 5.78. The Morgan fingerprint density at radius 2 is 1.65 bits per heavy atom. The Morgan fingerprint density at radius 1 is 1.08 bits per heavy atom. The van der Waals surface area contributed by atoms with E-state index >= 15 is 0 Å². The van der Waals surface area contributed by atoms with Gasteiger partial charge < -0.3 is 9.64 Å². The Balaban J connectivity index is 1.56. The predicted molar refractivity (Wildman–Crippen MR) is 104 cm³/mol. The summed E-state index contributed by atoms with van der Waals surface area (Å²) in [5.41, 5.74) is 1.69. The van der Waals surface area contributed by atoms with Gasteiger partial charge in [-0.2, -0.15) is 0 Å². The lowest BCUT2D eigenvalue weighted by Gasteiger charge is -2.36. The molecule has 0 atom stereocenters. The molecule has 26 heavy (non-hydrogen) atoms. The Bertz CT molecular complexity index is 696. The molecule has 0 bridgehead atoms. The second-order valence-electron chi connectivity index (χ2n) is 7.86. The minimum Gasteiger partial charge on any atom is -0.496 e. The zero-order chi connectivity index (χ0) is 18.7. The third-order valence-corrected chi connectivity index (χ3v) is 7.40. The highest BCUT2D eigenvalue weighted by Crippen LogP contribution is 2.29. The second-order valence-corrected chi connectivity index (χ2v) is 9.63. The van der Waals surface area contributed by atoms with E-state index in [2.05, 4.69) is 9.62 Å². The van der Waals surface area contributed by atoms with E-state index in [1.165, 1.54) is 25.7 Å².